The van der Waals surface area contributed by atoms with Crippen LogP contribution in [0.25, 0.3) is 0 Å². The number of aromatic hydroxyl groups is 2. The van der Waals surface area contributed by atoms with Crippen molar-refractivity contribution in [2.75, 3.05) is 5.32 Å². The molecule has 1 unspecified atom stereocenters. The fraction of sp³-hybridized carbons (Fsp3) is 0.143. The Kier molecular flexibility index (Phi) is 4.17. The van der Waals surface area contributed by atoms with Crippen LogP contribution in [0, 0.1) is 0 Å². The molecule has 1 atom stereocenters. The van der Waals surface area contributed by atoms with Gasteiger partial charge in [0.25, 0.3) is 0 Å². The van der Waals surface area contributed by atoms with Crippen molar-refractivity contribution in [1.29, 1.82) is 0 Å². The molecule has 0 fully saturated rings. The highest BCUT2D eigenvalue weighted by molar-refractivity contribution is 5.95. The highest BCUT2D eigenvalue weighted by Gasteiger charge is 2.16. The highest BCUT2D eigenvalue weighted by Crippen LogP contribution is 2.18. The number of carbonyl (C=O) groups excluding carboxylic acids is 1. The van der Waals surface area contributed by atoms with Gasteiger partial charge in [0.1, 0.15) is 5.75 Å². The van der Waals surface area contributed by atoms with E-state index in [4.69, 9.17) is 5.73 Å². The van der Waals surface area contributed by atoms with Gasteiger partial charge in [-0.3, -0.25) is 4.79 Å². The quantitative estimate of drug-likeness (QED) is 0.664. The molecular formula is C14H15N3O3. The molecule has 0 spiro atoms. The zero-order valence-corrected chi connectivity index (χ0v) is 10.7. The van der Waals surface area contributed by atoms with E-state index in [1.165, 1.54) is 24.4 Å². The molecule has 5 N–H and O–H groups in total. The van der Waals surface area contributed by atoms with Crippen LogP contribution in [-0.2, 0) is 11.2 Å². The second-order valence-electron chi connectivity index (χ2n) is 4.34. The smallest absolute Gasteiger partial charge is 0.242 e. The molecule has 0 aliphatic carbocycles. The number of nitrogens with two attached hydrogens (primary N) is 1. The summed E-state index contributed by atoms with van der Waals surface area (Å²) in [5, 5.41) is 21.2. The van der Waals surface area contributed by atoms with Crippen molar-refractivity contribution in [3.05, 3.63) is 48.2 Å². The molecule has 0 saturated carbocycles. The summed E-state index contributed by atoms with van der Waals surface area (Å²) < 4.78 is 0. The maximum Gasteiger partial charge on any atom is 0.242 e. The second-order valence-corrected chi connectivity index (χ2v) is 4.34. The van der Waals surface area contributed by atoms with Gasteiger partial charge >= 0.3 is 0 Å². The maximum atomic E-state index is 11.9. The average molecular weight is 273 g/mol. The molecule has 0 radical (unpaired) electrons. The molecule has 104 valence electrons. The number of carbonyl (C=O) groups is 1. The third kappa shape index (κ3) is 3.46. The van der Waals surface area contributed by atoms with E-state index in [1.807, 2.05) is 0 Å². The van der Waals surface area contributed by atoms with E-state index in [2.05, 4.69) is 10.3 Å². The lowest BCUT2D eigenvalue weighted by atomic mass is 10.1. The van der Waals surface area contributed by atoms with Gasteiger partial charge in [0, 0.05) is 6.20 Å². The van der Waals surface area contributed by atoms with Gasteiger partial charge in [-0.25, -0.2) is 4.98 Å². The van der Waals surface area contributed by atoms with Crippen LogP contribution in [0.5, 0.6) is 11.5 Å². The molecule has 6 nitrogen and oxygen atoms in total. The molecular weight excluding hydrogens is 258 g/mol. The second kappa shape index (κ2) is 6.03. The Balaban J connectivity index is 1.99. The van der Waals surface area contributed by atoms with Crippen molar-refractivity contribution in [1.82, 2.24) is 4.98 Å². The normalized spacial score (nSPS) is 11.8. The maximum absolute atomic E-state index is 11.9. The fourth-order valence-corrected chi connectivity index (χ4v) is 1.68. The number of benzene rings is 1. The van der Waals surface area contributed by atoms with Gasteiger partial charge in [-0.1, -0.05) is 12.1 Å². The van der Waals surface area contributed by atoms with Crippen LogP contribution < -0.4 is 11.1 Å². The van der Waals surface area contributed by atoms with Crippen LogP contribution in [0.15, 0.2) is 42.6 Å². The number of anilines is 1. The number of hydrogen-bond donors (Lipinski definition) is 4. The zero-order chi connectivity index (χ0) is 14.5. The molecule has 20 heavy (non-hydrogen) atoms. The number of phenols is 1. The molecule has 2 aromatic rings. The summed E-state index contributed by atoms with van der Waals surface area (Å²) in [4.78, 5) is 15.7. The Morgan fingerprint density at radius 1 is 1.25 bits per heavy atom. The molecule has 0 aliphatic heterocycles. The van der Waals surface area contributed by atoms with Crippen LogP contribution in [0.4, 0.5) is 5.82 Å². The van der Waals surface area contributed by atoms with E-state index in [0.29, 0.717) is 6.42 Å². The number of pyridine rings is 1. The lowest BCUT2D eigenvalue weighted by Crippen LogP contribution is -2.37. The van der Waals surface area contributed by atoms with Crippen LogP contribution in [-0.4, -0.2) is 27.1 Å². The van der Waals surface area contributed by atoms with Gasteiger partial charge < -0.3 is 21.3 Å². The van der Waals surface area contributed by atoms with Crippen molar-refractivity contribution in [3.8, 4) is 11.5 Å². The fourth-order valence-electron chi connectivity index (χ4n) is 1.68. The van der Waals surface area contributed by atoms with Gasteiger partial charge in [0.05, 0.1) is 6.04 Å². The van der Waals surface area contributed by atoms with Crippen LogP contribution in [0.2, 0.25) is 0 Å². The van der Waals surface area contributed by atoms with Gasteiger partial charge in [0.15, 0.2) is 11.6 Å². The summed E-state index contributed by atoms with van der Waals surface area (Å²) >= 11 is 0. The van der Waals surface area contributed by atoms with Gasteiger partial charge in [-0.2, -0.15) is 0 Å². The lowest BCUT2D eigenvalue weighted by molar-refractivity contribution is -0.117. The van der Waals surface area contributed by atoms with E-state index < -0.39 is 11.9 Å². The Hall–Kier alpha value is -2.60. The molecule has 0 aliphatic rings. The van der Waals surface area contributed by atoms with Crippen molar-refractivity contribution >= 4 is 11.7 Å². The van der Waals surface area contributed by atoms with E-state index in [-0.39, 0.29) is 17.3 Å². The molecule has 2 rings (SSSR count). The van der Waals surface area contributed by atoms with Gasteiger partial charge in [0.2, 0.25) is 5.91 Å². The number of nitrogens with zero attached hydrogens (tertiary/aromatic N) is 1. The topological polar surface area (TPSA) is 108 Å². The predicted molar refractivity (Wildman–Crippen MR) is 74.3 cm³/mol. The van der Waals surface area contributed by atoms with Crippen molar-refractivity contribution in [3.63, 3.8) is 0 Å². The standard InChI is InChI=1S/C14H15N3O3/c15-11(8-9-3-5-10(18)6-4-9)14(20)17-13-12(19)2-1-7-16-13/h1-7,11,18-19H,8,15H2,(H,16,17,20). The number of amides is 1. The molecule has 1 amide bonds. The summed E-state index contributed by atoms with van der Waals surface area (Å²) in [6.07, 6.45) is 1.78. The van der Waals surface area contributed by atoms with Gasteiger partial charge in [-0.15, -0.1) is 0 Å². The summed E-state index contributed by atoms with van der Waals surface area (Å²) in [6, 6.07) is 8.66. The van der Waals surface area contributed by atoms with E-state index in [9.17, 15) is 15.0 Å². The minimum atomic E-state index is -0.777. The van der Waals surface area contributed by atoms with Crippen molar-refractivity contribution in [2.24, 2.45) is 5.73 Å². The Morgan fingerprint density at radius 2 is 1.95 bits per heavy atom. The Labute approximate surface area is 115 Å². The monoisotopic (exact) mass is 273 g/mol. The number of rotatable bonds is 4. The Morgan fingerprint density at radius 3 is 2.60 bits per heavy atom. The van der Waals surface area contributed by atoms with Crippen molar-refractivity contribution < 1.29 is 15.0 Å². The third-order valence-corrected chi connectivity index (χ3v) is 2.76. The number of nitrogens with one attached hydrogen (secondary N) is 1. The first-order valence-electron chi connectivity index (χ1n) is 6.04. The molecule has 0 saturated heterocycles. The van der Waals surface area contributed by atoms with Crippen LogP contribution >= 0.6 is 0 Å². The largest absolute Gasteiger partial charge is 0.508 e. The number of phenolic OH excluding ortho intramolecular Hbond substituents is 1. The summed E-state index contributed by atoms with van der Waals surface area (Å²) in [6.45, 7) is 0. The van der Waals surface area contributed by atoms with E-state index >= 15 is 0 Å². The minimum absolute atomic E-state index is 0.0821. The number of aromatic nitrogens is 1. The van der Waals surface area contributed by atoms with Crippen LogP contribution in [0.1, 0.15) is 5.56 Å². The third-order valence-electron chi connectivity index (χ3n) is 2.76. The first kappa shape index (κ1) is 13.8. The summed E-state index contributed by atoms with van der Waals surface area (Å²) in [5.41, 5.74) is 6.63. The van der Waals surface area contributed by atoms with Crippen LogP contribution in [0.3, 0.4) is 0 Å². The lowest BCUT2D eigenvalue weighted by Gasteiger charge is -2.12. The average Bonchev–Trinajstić information content (AvgIpc) is 2.44. The zero-order valence-electron chi connectivity index (χ0n) is 10.7. The highest BCUT2D eigenvalue weighted by atomic mass is 16.3. The van der Waals surface area contributed by atoms with E-state index in [1.54, 1.807) is 18.2 Å². The first-order valence-corrected chi connectivity index (χ1v) is 6.04. The molecule has 1 heterocycles. The molecule has 6 heteroatoms. The SMILES string of the molecule is NC(Cc1ccc(O)cc1)C(=O)Nc1ncccc1O. The predicted octanol–water partition coefficient (Wildman–Crippen LogP) is 1.00. The van der Waals surface area contributed by atoms with E-state index in [0.717, 1.165) is 5.56 Å². The molecule has 0 bridgehead atoms. The summed E-state index contributed by atoms with van der Waals surface area (Å²) in [5.74, 6) is -0.311. The van der Waals surface area contributed by atoms with Crippen molar-refractivity contribution in [2.45, 2.75) is 12.5 Å². The number of hydrogen-bond acceptors (Lipinski definition) is 5. The summed E-state index contributed by atoms with van der Waals surface area (Å²) in [7, 11) is 0. The molecule has 1 aromatic heterocycles. The first-order chi connectivity index (χ1) is 9.56. The molecule has 1 aromatic carbocycles. The van der Waals surface area contributed by atoms with Gasteiger partial charge in [-0.05, 0) is 36.2 Å². The Bertz CT molecular complexity index is 599. The minimum Gasteiger partial charge on any atom is -0.508 e.